The van der Waals surface area contributed by atoms with Crippen molar-refractivity contribution < 1.29 is 0 Å². The minimum atomic E-state index is 0.758. The van der Waals surface area contributed by atoms with Crippen LogP contribution < -0.4 is 5.32 Å². The van der Waals surface area contributed by atoms with Gasteiger partial charge >= 0.3 is 0 Å². The van der Waals surface area contributed by atoms with Crippen LogP contribution >= 0.6 is 11.6 Å². The molecule has 0 radical (unpaired) electrons. The summed E-state index contributed by atoms with van der Waals surface area (Å²) in [6, 6.07) is 7.78. The lowest BCUT2D eigenvalue weighted by Crippen LogP contribution is -2.24. The summed E-state index contributed by atoms with van der Waals surface area (Å²) in [6.07, 6.45) is 3.95. The second-order valence-corrected chi connectivity index (χ2v) is 5.13. The van der Waals surface area contributed by atoms with E-state index < -0.39 is 0 Å². The molecule has 0 amide bonds. The summed E-state index contributed by atoms with van der Waals surface area (Å²) in [5.41, 5.74) is 2.29. The molecule has 0 saturated carbocycles. The lowest BCUT2D eigenvalue weighted by molar-refractivity contribution is 0.340. The van der Waals surface area contributed by atoms with Gasteiger partial charge < -0.3 is 10.2 Å². The molecule has 1 N–H and O–H groups in total. The molecule has 0 unspecified atom stereocenters. The fraction of sp³-hybridized carbons (Fsp3) is 0.357. The van der Waals surface area contributed by atoms with Crippen molar-refractivity contribution >= 4 is 17.3 Å². The second-order valence-electron chi connectivity index (χ2n) is 4.70. The van der Waals surface area contributed by atoms with Crippen molar-refractivity contribution in [1.82, 2.24) is 14.7 Å². The predicted molar refractivity (Wildman–Crippen MR) is 79.5 cm³/mol. The Labute approximate surface area is 119 Å². The molecular formula is C14H19ClN4. The first-order valence-corrected chi connectivity index (χ1v) is 6.67. The number of nitrogens with one attached hydrogen (secondary N) is 1. The number of hydrogen-bond acceptors (Lipinski definition) is 3. The largest absolute Gasteiger partial charge is 0.384 e. The van der Waals surface area contributed by atoms with Crippen LogP contribution in [-0.4, -0.2) is 34.8 Å². The lowest BCUT2D eigenvalue weighted by Gasteiger charge is -2.16. The molecule has 0 spiro atoms. The Balaban J connectivity index is 1.73. The highest BCUT2D eigenvalue weighted by molar-refractivity contribution is 6.30. The molecule has 102 valence electrons. The van der Waals surface area contributed by atoms with Crippen molar-refractivity contribution in [3.05, 3.63) is 47.2 Å². The van der Waals surface area contributed by atoms with E-state index in [4.69, 9.17) is 11.6 Å². The third-order valence-electron chi connectivity index (χ3n) is 2.86. The number of aryl methyl sites for hydroxylation is 1. The Morgan fingerprint density at radius 3 is 2.95 bits per heavy atom. The molecule has 2 rings (SSSR count). The first kappa shape index (κ1) is 13.9. The zero-order valence-corrected chi connectivity index (χ0v) is 12.1. The number of likely N-dealkylation sites (N-methyl/N-ethyl adjacent to an activating group) is 1. The van der Waals surface area contributed by atoms with Crippen LogP contribution in [0.1, 0.15) is 5.56 Å². The Hall–Kier alpha value is -1.52. The number of aromatic nitrogens is 2. The quantitative estimate of drug-likeness (QED) is 0.882. The molecule has 1 heterocycles. The van der Waals surface area contributed by atoms with Gasteiger partial charge in [0.25, 0.3) is 0 Å². The summed E-state index contributed by atoms with van der Waals surface area (Å²) in [4.78, 5) is 2.26. The molecule has 0 aliphatic rings. The van der Waals surface area contributed by atoms with Gasteiger partial charge in [0.2, 0.25) is 0 Å². The predicted octanol–water partition coefficient (Wildman–Crippen LogP) is 2.62. The van der Waals surface area contributed by atoms with Crippen molar-refractivity contribution in [3.63, 3.8) is 0 Å². The summed E-state index contributed by atoms with van der Waals surface area (Å²) in [7, 11) is 4.04. The fourth-order valence-corrected chi connectivity index (χ4v) is 2.12. The molecule has 0 bridgehead atoms. The minimum absolute atomic E-state index is 0.758. The molecular weight excluding hydrogens is 260 g/mol. The highest BCUT2D eigenvalue weighted by atomic mass is 35.5. The molecule has 4 nitrogen and oxygen atoms in total. The third kappa shape index (κ3) is 4.58. The SMILES string of the molecule is CN(CCNc1cccc(Cl)c1)Cc1cnn(C)c1. The van der Waals surface area contributed by atoms with Crippen molar-refractivity contribution in [3.8, 4) is 0 Å². The third-order valence-corrected chi connectivity index (χ3v) is 3.09. The highest BCUT2D eigenvalue weighted by Gasteiger charge is 2.02. The smallest absolute Gasteiger partial charge is 0.0534 e. The topological polar surface area (TPSA) is 33.1 Å². The molecule has 1 aromatic heterocycles. The van der Waals surface area contributed by atoms with E-state index in [2.05, 4.69) is 22.4 Å². The zero-order chi connectivity index (χ0) is 13.7. The highest BCUT2D eigenvalue weighted by Crippen LogP contribution is 2.14. The molecule has 0 fully saturated rings. The lowest BCUT2D eigenvalue weighted by atomic mass is 10.3. The van der Waals surface area contributed by atoms with Crippen LogP contribution in [0.25, 0.3) is 0 Å². The average molecular weight is 279 g/mol. The van der Waals surface area contributed by atoms with Crippen LogP contribution in [0.3, 0.4) is 0 Å². The zero-order valence-electron chi connectivity index (χ0n) is 11.3. The number of halogens is 1. The molecule has 0 saturated heterocycles. The van der Waals surface area contributed by atoms with Gasteiger partial charge in [-0.2, -0.15) is 5.10 Å². The summed E-state index contributed by atoms with van der Waals surface area (Å²) < 4.78 is 1.83. The van der Waals surface area contributed by atoms with Gasteiger partial charge in [-0.3, -0.25) is 4.68 Å². The van der Waals surface area contributed by atoms with Crippen molar-refractivity contribution in [2.24, 2.45) is 7.05 Å². The standard InChI is InChI=1S/C14H19ClN4/c1-18(10-12-9-17-19(2)11-12)7-6-16-14-5-3-4-13(15)8-14/h3-5,8-9,11,16H,6-7,10H2,1-2H3. The maximum atomic E-state index is 5.94. The number of hydrogen-bond donors (Lipinski definition) is 1. The van der Waals surface area contributed by atoms with Crippen LogP contribution in [0.4, 0.5) is 5.69 Å². The van der Waals surface area contributed by atoms with Gasteiger partial charge in [-0.05, 0) is 25.2 Å². The molecule has 0 atom stereocenters. The summed E-state index contributed by atoms with van der Waals surface area (Å²) in [6.45, 7) is 2.75. The van der Waals surface area contributed by atoms with Crippen LogP contribution in [0.2, 0.25) is 5.02 Å². The van der Waals surface area contributed by atoms with Crippen molar-refractivity contribution in [2.45, 2.75) is 6.54 Å². The van der Waals surface area contributed by atoms with Crippen LogP contribution in [-0.2, 0) is 13.6 Å². The van der Waals surface area contributed by atoms with Gasteiger partial charge in [0.05, 0.1) is 6.20 Å². The van der Waals surface area contributed by atoms with E-state index in [1.807, 2.05) is 48.4 Å². The molecule has 5 heteroatoms. The van der Waals surface area contributed by atoms with Crippen LogP contribution in [0.15, 0.2) is 36.7 Å². The molecule has 1 aromatic carbocycles. The van der Waals surface area contributed by atoms with E-state index in [1.165, 1.54) is 5.56 Å². The first-order valence-electron chi connectivity index (χ1n) is 6.29. The van der Waals surface area contributed by atoms with E-state index in [9.17, 15) is 0 Å². The maximum Gasteiger partial charge on any atom is 0.0534 e. The Kier molecular flexibility index (Phi) is 4.82. The summed E-state index contributed by atoms with van der Waals surface area (Å²) in [5, 5.41) is 8.29. The average Bonchev–Trinajstić information content (AvgIpc) is 2.75. The van der Waals surface area contributed by atoms with E-state index in [1.54, 1.807) is 0 Å². The van der Waals surface area contributed by atoms with E-state index >= 15 is 0 Å². The Morgan fingerprint density at radius 1 is 1.42 bits per heavy atom. The molecule has 0 aliphatic heterocycles. The fourth-order valence-electron chi connectivity index (χ4n) is 1.93. The second kappa shape index (κ2) is 6.59. The number of nitrogens with zero attached hydrogens (tertiary/aromatic N) is 3. The first-order chi connectivity index (χ1) is 9.13. The maximum absolute atomic E-state index is 5.94. The van der Waals surface area contributed by atoms with Crippen molar-refractivity contribution in [1.29, 1.82) is 0 Å². The van der Waals surface area contributed by atoms with Crippen LogP contribution in [0, 0.1) is 0 Å². The number of anilines is 1. The summed E-state index contributed by atoms with van der Waals surface area (Å²) in [5.74, 6) is 0. The minimum Gasteiger partial charge on any atom is -0.384 e. The molecule has 0 aliphatic carbocycles. The van der Waals surface area contributed by atoms with Gasteiger partial charge in [-0.25, -0.2) is 0 Å². The Bertz CT molecular complexity index is 524. The van der Waals surface area contributed by atoms with E-state index in [-0.39, 0.29) is 0 Å². The molecule has 2 aromatic rings. The normalized spacial score (nSPS) is 10.9. The monoisotopic (exact) mass is 278 g/mol. The number of rotatable bonds is 6. The molecule has 19 heavy (non-hydrogen) atoms. The van der Waals surface area contributed by atoms with Gasteiger partial charge in [-0.15, -0.1) is 0 Å². The van der Waals surface area contributed by atoms with E-state index in [0.717, 1.165) is 30.3 Å². The Morgan fingerprint density at radius 2 is 2.26 bits per heavy atom. The summed E-state index contributed by atoms with van der Waals surface area (Å²) >= 11 is 5.94. The van der Waals surface area contributed by atoms with Crippen LogP contribution in [0.5, 0.6) is 0 Å². The number of benzene rings is 1. The van der Waals surface area contributed by atoms with Gasteiger partial charge in [-0.1, -0.05) is 17.7 Å². The van der Waals surface area contributed by atoms with Gasteiger partial charge in [0.15, 0.2) is 0 Å². The van der Waals surface area contributed by atoms with Crippen molar-refractivity contribution in [2.75, 3.05) is 25.5 Å². The van der Waals surface area contributed by atoms with Gasteiger partial charge in [0.1, 0.15) is 0 Å². The van der Waals surface area contributed by atoms with Gasteiger partial charge in [0, 0.05) is 49.2 Å². The van der Waals surface area contributed by atoms with E-state index in [0.29, 0.717) is 0 Å².